The van der Waals surface area contributed by atoms with Crippen LogP contribution in [0.5, 0.6) is 0 Å². The Morgan fingerprint density at radius 1 is 1.27 bits per heavy atom. The van der Waals surface area contributed by atoms with E-state index < -0.39 is 29.0 Å². The molecule has 4 nitrogen and oxygen atoms in total. The molecule has 1 heterocycles. The second kappa shape index (κ2) is 6.53. The van der Waals surface area contributed by atoms with Gasteiger partial charge in [0.15, 0.2) is 0 Å². The second-order valence-electron chi connectivity index (χ2n) is 5.65. The molecular formula is C17H10F4N2O2S. The molecule has 0 saturated carbocycles. The molecule has 2 aromatic rings. The standard InChI is InChI=1S/C17H10F4N2O2S/c18-14-10(2-1-3-12(14)17(19,20)21)15(25)23-16-11(7-22)9-5-4-8(24)6-13(9)26-16/h1-3H,4-6H2,(H,23,25). The van der Waals surface area contributed by atoms with E-state index >= 15 is 0 Å². The molecular weight excluding hydrogens is 372 g/mol. The van der Waals surface area contributed by atoms with Crippen LogP contribution in [0.25, 0.3) is 0 Å². The molecule has 1 amide bonds. The molecule has 1 aliphatic carbocycles. The Morgan fingerprint density at radius 2 is 2.00 bits per heavy atom. The van der Waals surface area contributed by atoms with E-state index in [9.17, 15) is 32.4 Å². The van der Waals surface area contributed by atoms with Crippen LogP contribution in [0.3, 0.4) is 0 Å². The maximum atomic E-state index is 14.1. The van der Waals surface area contributed by atoms with Gasteiger partial charge in [0.05, 0.1) is 16.7 Å². The van der Waals surface area contributed by atoms with Crippen molar-refractivity contribution in [1.29, 1.82) is 5.26 Å². The number of nitrogens with zero attached hydrogens (tertiary/aromatic N) is 1. The van der Waals surface area contributed by atoms with Crippen LogP contribution in [0.15, 0.2) is 18.2 Å². The Labute approximate surface area is 149 Å². The first kappa shape index (κ1) is 18.1. The number of nitrogens with one attached hydrogen (secondary N) is 1. The molecule has 0 radical (unpaired) electrons. The molecule has 1 aromatic heterocycles. The van der Waals surface area contributed by atoms with Gasteiger partial charge >= 0.3 is 6.18 Å². The van der Waals surface area contributed by atoms with Gasteiger partial charge in [-0.05, 0) is 24.1 Å². The summed E-state index contributed by atoms with van der Waals surface area (Å²) in [5.74, 6) is -2.76. The van der Waals surface area contributed by atoms with E-state index in [4.69, 9.17) is 0 Å². The van der Waals surface area contributed by atoms with Crippen LogP contribution >= 0.6 is 11.3 Å². The van der Waals surface area contributed by atoms with Crippen molar-refractivity contribution < 1.29 is 27.2 Å². The lowest BCUT2D eigenvalue weighted by atomic mass is 9.95. The zero-order chi connectivity index (χ0) is 19.1. The van der Waals surface area contributed by atoms with E-state index in [0.717, 1.165) is 23.5 Å². The molecule has 134 valence electrons. The quantitative estimate of drug-likeness (QED) is 0.796. The molecule has 0 bridgehead atoms. The first-order valence-corrected chi connectivity index (χ1v) is 8.27. The van der Waals surface area contributed by atoms with Crippen LogP contribution in [0.4, 0.5) is 22.6 Å². The fourth-order valence-electron chi connectivity index (χ4n) is 2.75. The Kier molecular flexibility index (Phi) is 4.54. The molecule has 1 aromatic carbocycles. The summed E-state index contributed by atoms with van der Waals surface area (Å²) in [5, 5.41) is 11.7. The van der Waals surface area contributed by atoms with Gasteiger partial charge in [-0.3, -0.25) is 9.59 Å². The minimum Gasteiger partial charge on any atom is -0.312 e. The Balaban J connectivity index is 1.95. The first-order valence-electron chi connectivity index (χ1n) is 7.45. The van der Waals surface area contributed by atoms with Crippen LogP contribution < -0.4 is 5.32 Å². The number of halogens is 4. The van der Waals surface area contributed by atoms with Crippen molar-refractivity contribution in [2.45, 2.75) is 25.4 Å². The van der Waals surface area contributed by atoms with Crippen LogP contribution in [0.1, 0.15) is 38.3 Å². The van der Waals surface area contributed by atoms with Crippen molar-refractivity contribution in [2.75, 3.05) is 5.32 Å². The predicted octanol–water partition coefficient (Wildman–Crippen LogP) is 4.09. The van der Waals surface area contributed by atoms with E-state index in [1.807, 2.05) is 6.07 Å². The molecule has 26 heavy (non-hydrogen) atoms. The van der Waals surface area contributed by atoms with Gasteiger partial charge in [0.1, 0.15) is 22.7 Å². The van der Waals surface area contributed by atoms with Crippen molar-refractivity contribution in [3.63, 3.8) is 0 Å². The third kappa shape index (κ3) is 3.20. The van der Waals surface area contributed by atoms with E-state index in [0.29, 0.717) is 22.9 Å². The number of Topliss-reactive ketones (excluding diaryl/α,β-unsaturated/α-hetero) is 1. The summed E-state index contributed by atoms with van der Waals surface area (Å²) in [6.07, 6.45) is -4.14. The summed E-state index contributed by atoms with van der Waals surface area (Å²) in [6.45, 7) is 0. The lowest BCUT2D eigenvalue weighted by Gasteiger charge is -2.11. The Morgan fingerprint density at radius 3 is 2.65 bits per heavy atom. The predicted molar refractivity (Wildman–Crippen MR) is 85.4 cm³/mol. The summed E-state index contributed by atoms with van der Waals surface area (Å²) in [4.78, 5) is 24.4. The number of fused-ring (bicyclic) bond motifs is 1. The first-order chi connectivity index (χ1) is 12.2. The third-order valence-corrected chi connectivity index (χ3v) is 5.14. The van der Waals surface area contributed by atoms with Crippen molar-refractivity contribution >= 4 is 28.0 Å². The average molecular weight is 382 g/mol. The molecule has 9 heteroatoms. The van der Waals surface area contributed by atoms with Gasteiger partial charge in [0, 0.05) is 17.7 Å². The Bertz CT molecular complexity index is 957. The number of thiophene rings is 1. The van der Waals surface area contributed by atoms with Gasteiger partial charge in [0.25, 0.3) is 5.91 Å². The van der Waals surface area contributed by atoms with Crippen molar-refractivity contribution in [3.8, 4) is 6.07 Å². The Hall–Kier alpha value is -2.73. The molecule has 0 atom stereocenters. The van der Waals surface area contributed by atoms with Crippen LogP contribution in [-0.4, -0.2) is 11.7 Å². The van der Waals surface area contributed by atoms with Crippen LogP contribution in [-0.2, 0) is 23.8 Å². The highest BCUT2D eigenvalue weighted by Crippen LogP contribution is 2.37. The molecule has 0 fully saturated rings. The molecule has 1 N–H and O–H groups in total. The summed E-state index contributed by atoms with van der Waals surface area (Å²) < 4.78 is 52.4. The number of carbonyl (C=O) groups excluding carboxylic acids is 2. The number of benzene rings is 1. The van der Waals surface area contributed by atoms with Gasteiger partial charge < -0.3 is 5.32 Å². The number of anilines is 1. The number of amides is 1. The van der Waals surface area contributed by atoms with Gasteiger partial charge in [-0.2, -0.15) is 18.4 Å². The van der Waals surface area contributed by atoms with Crippen molar-refractivity contribution in [1.82, 2.24) is 0 Å². The molecule has 0 unspecified atom stereocenters. The highest BCUT2D eigenvalue weighted by Gasteiger charge is 2.36. The summed E-state index contributed by atoms with van der Waals surface area (Å²) in [5.41, 5.74) is -1.50. The zero-order valence-electron chi connectivity index (χ0n) is 13.0. The molecule has 0 saturated heterocycles. The second-order valence-corrected chi connectivity index (χ2v) is 6.76. The highest BCUT2D eigenvalue weighted by atomic mass is 32.1. The molecule has 1 aliphatic rings. The fraction of sp³-hybridized carbons (Fsp3) is 0.235. The van der Waals surface area contributed by atoms with E-state index in [2.05, 4.69) is 5.32 Å². The van der Waals surface area contributed by atoms with Gasteiger partial charge in [-0.15, -0.1) is 11.3 Å². The van der Waals surface area contributed by atoms with Gasteiger partial charge in [0.2, 0.25) is 0 Å². The number of hydrogen-bond donors (Lipinski definition) is 1. The summed E-state index contributed by atoms with van der Waals surface area (Å²) in [7, 11) is 0. The lowest BCUT2D eigenvalue weighted by Crippen LogP contribution is -2.17. The number of carbonyl (C=O) groups is 2. The largest absolute Gasteiger partial charge is 0.419 e. The number of hydrogen-bond acceptors (Lipinski definition) is 4. The number of alkyl halides is 3. The maximum absolute atomic E-state index is 14.1. The number of nitriles is 1. The summed E-state index contributed by atoms with van der Waals surface area (Å²) in [6, 6.07) is 4.35. The monoisotopic (exact) mass is 382 g/mol. The average Bonchev–Trinajstić information content (AvgIpc) is 2.89. The van der Waals surface area contributed by atoms with E-state index in [-0.39, 0.29) is 29.2 Å². The topological polar surface area (TPSA) is 70.0 Å². The minimum atomic E-state index is -4.93. The number of rotatable bonds is 2. The van der Waals surface area contributed by atoms with Crippen LogP contribution in [0.2, 0.25) is 0 Å². The molecule has 0 aliphatic heterocycles. The normalized spacial score (nSPS) is 13.9. The van der Waals surface area contributed by atoms with Crippen LogP contribution in [0, 0.1) is 17.1 Å². The third-order valence-electron chi connectivity index (χ3n) is 3.99. The zero-order valence-corrected chi connectivity index (χ0v) is 13.9. The lowest BCUT2D eigenvalue weighted by molar-refractivity contribution is -0.140. The highest BCUT2D eigenvalue weighted by molar-refractivity contribution is 7.16. The minimum absolute atomic E-state index is 0.00467. The van der Waals surface area contributed by atoms with E-state index in [1.54, 1.807) is 0 Å². The smallest absolute Gasteiger partial charge is 0.312 e. The SMILES string of the molecule is N#Cc1c(NC(=O)c2cccc(C(F)(F)F)c2F)sc2c1CCC(=O)C2. The molecule has 0 spiro atoms. The van der Waals surface area contributed by atoms with Gasteiger partial charge in [-0.25, -0.2) is 4.39 Å². The maximum Gasteiger partial charge on any atom is 0.419 e. The van der Waals surface area contributed by atoms with Gasteiger partial charge in [-0.1, -0.05) is 6.07 Å². The summed E-state index contributed by atoms with van der Waals surface area (Å²) >= 11 is 1.01. The fourth-order valence-corrected chi connectivity index (χ4v) is 3.98. The number of ketones is 1. The van der Waals surface area contributed by atoms with Crippen molar-refractivity contribution in [2.24, 2.45) is 0 Å². The van der Waals surface area contributed by atoms with Crippen molar-refractivity contribution in [3.05, 3.63) is 51.1 Å². The molecule has 3 rings (SSSR count). The van der Waals surface area contributed by atoms with E-state index in [1.165, 1.54) is 0 Å².